The van der Waals surface area contributed by atoms with Crippen LogP contribution in [0.15, 0.2) is 24.3 Å². The second kappa shape index (κ2) is 10.6. The molecule has 134 valence electrons. The van der Waals surface area contributed by atoms with Crippen molar-refractivity contribution in [3.8, 4) is 0 Å². The summed E-state index contributed by atoms with van der Waals surface area (Å²) in [6, 6.07) is 7.62. The van der Waals surface area contributed by atoms with Gasteiger partial charge in [-0.05, 0) is 56.0 Å². The van der Waals surface area contributed by atoms with Crippen molar-refractivity contribution in [2.75, 3.05) is 37.9 Å². The maximum absolute atomic E-state index is 12.1. The highest BCUT2D eigenvalue weighted by Gasteiger charge is 2.14. The molecular formula is C18H28N2O3S. The van der Waals surface area contributed by atoms with Crippen molar-refractivity contribution in [1.29, 1.82) is 0 Å². The normalized spacial score (nSPS) is 16.7. The predicted octanol–water partition coefficient (Wildman–Crippen LogP) is 2.30. The van der Waals surface area contributed by atoms with Crippen molar-refractivity contribution >= 4 is 22.4 Å². The molecule has 1 heterocycles. The summed E-state index contributed by atoms with van der Waals surface area (Å²) in [5.74, 6) is 1.74. The van der Waals surface area contributed by atoms with Crippen molar-refractivity contribution in [2.45, 2.75) is 31.4 Å². The van der Waals surface area contributed by atoms with Gasteiger partial charge in [-0.2, -0.15) is 0 Å². The Morgan fingerprint density at radius 1 is 1.38 bits per heavy atom. The van der Waals surface area contributed by atoms with Crippen LogP contribution < -0.4 is 10.6 Å². The molecule has 0 bridgehead atoms. The van der Waals surface area contributed by atoms with Gasteiger partial charge in [0, 0.05) is 41.5 Å². The fourth-order valence-corrected chi connectivity index (χ4v) is 3.95. The highest BCUT2D eigenvalue weighted by atomic mass is 32.2. The lowest BCUT2D eigenvalue weighted by atomic mass is 9.93. The molecule has 6 heteroatoms. The number of carbonyl (C=O) groups excluding carboxylic acids is 1. The van der Waals surface area contributed by atoms with E-state index in [2.05, 4.69) is 10.6 Å². The first-order valence-corrected chi connectivity index (χ1v) is 10.1. The van der Waals surface area contributed by atoms with Crippen molar-refractivity contribution < 1.29 is 13.7 Å². The average molecular weight is 353 g/mol. The van der Waals surface area contributed by atoms with Crippen LogP contribution in [-0.2, 0) is 26.1 Å². The van der Waals surface area contributed by atoms with Gasteiger partial charge in [-0.3, -0.25) is 9.00 Å². The van der Waals surface area contributed by atoms with Gasteiger partial charge >= 0.3 is 0 Å². The predicted molar refractivity (Wildman–Crippen MR) is 98.5 cm³/mol. The molecule has 1 aromatic rings. The van der Waals surface area contributed by atoms with Crippen LogP contribution in [0.2, 0.25) is 0 Å². The molecule has 1 amide bonds. The molecule has 0 radical (unpaired) electrons. The largest absolute Gasteiger partial charge is 0.384 e. The molecule has 1 fully saturated rings. The Balaban J connectivity index is 1.77. The third kappa shape index (κ3) is 7.11. The molecule has 0 aromatic heterocycles. The Labute approximate surface area is 147 Å². The van der Waals surface area contributed by atoms with Gasteiger partial charge in [0.25, 0.3) is 0 Å². The summed E-state index contributed by atoms with van der Waals surface area (Å²) in [4.78, 5) is 12.1. The topological polar surface area (TPSA) is 67.4 Å². The summed E-state index contributed by atoms with van der Waals surface area (Å²) in [5, 5.41) is 6.30. The second-order valence-corrected chi connectivity index (χ2v) is 7.84. The average Bonchev–Trinajstić information content (AvgIpc) is 2.59. The van der Waals surface area contributed by atoms with Gasteiger partial charge in [-0.25, -0.2) is 0 Å². The molecule has 0 aliphatic carbocycles. The molecule has 0 spiro atoms. The molecule has 24 heavy (non-hydrogen) atoms. The Bertz CT molecular complexity index is 545. The van der Waals surface area contributed by atoms with Crippen LogP contribution in [-0.4, -0.2) is 42.7 Å². The first-order valence-electron chi connectivity index (χ1n) is 8.61. The van der Waals surface area contributed by atoms with Crippen LogP contribution in [0.3, 0.4) is 0 Å². The van der Waals surface area contributed by atoms with Crippen LogP contribution in [0, 0.1) is 5.92 Å². The van der Waals surface area contributed by atoms with Gasteiger partial charge in [0.1, 0.15) is 0 Å². The van der Waals surface area contributed by atoms with E-state index in [9.17, 15) is 9.00 Å². The Kier molecular flexibility index (Phi) is 8.42. The van der Waals surface area contributed by atoms with E-state index in [-0.39, 0.29) is 5.91 Å². The van der Waals surface area contributed by atoms with Crippen molar-refractivity contribution in [3.05, 3.63) is 29.8 Å². The van der Waals surface area contributed by atoms with Gasteiger partial charge in [0.05, 0.1) is 6.61 Å². The lowest BCUT2D eigenvalue weighted by Gasteiger charge is -2.22. The van der Waals surface area contributed by atoms with E-state index in [1.807, 2.05) is 24.3 Å². The fourth-order valence-electron chi connectivity index (χ4n) is 2.90. The molecule has 1 atom stereocenters. The van der Waals surface area contributed by atoms with Crippen LogP contribution >= 0.6 is 0 Å². The molecule has 5 nitrogen and oxygen atoms in total. The van der Waals surface area contributed by atoms with E-state index in [1.165, 1.54) is 0 Å². The number of anilines is 1. The lowest BCUT2D eigenvalue weighted by Crippen LogP contribution is -2.28. The van der Waals surface area contributed by atoms with Gasteiger partial charge < -0.3 is 15.4 Å². The molecule has 1 aromatic carbocycles. The second-order valence-electron chi connectivity index (χ2n) is 6.26. The van der Waals surface area contributed by atoms with Crippen molar-refractivity contribution in [3.63, 3.8) is 0 Å². The van der Waals surface area contributed by atoms with E-state index < -0.39 is 10.8 Å². The smallest absolute Gasteiger partial charge is 0.224 e. The number of hydrogen-bond donors (Lipinski definition) is 2. The summed E-state index contributed by atoms with van der Waals surface area (Å²) in [6.45, 7) is 2.63. The molecule has 1 unspecified atom stereocenters. The minimum atomic E-state index is -0.942. The van der Waals surface area contributed by atoms with E-state index in [4.69, 9.17) is 4.74 Å². The first-order chi connectivity index (χ1) is 11.7. The third-order valence-electron chi connectivity index (χ3n) is 4.29. The Morgan fingerprint density at radius 2 is 2.17 bits per heavy atom. The van der Waals surface area contributed by atoms with E-state index >= 15 is 0 Å². The lowest BCUT2D eigenvalue weighted by molar-refractivity contribution is -0.116. The molecule has 1 aliphatic rings. The summed E-state index contributed by atoms with van der Waals surface area (Å²) in [6.07, 6.45) is 3.84. The number of ether oxygens (including phenoxy) is 1. The zero-order chi connectivity index (χ0) is 17.2. The van der Waals surface area contributed by atoms with Gasteiger partial charge in [0.15, 0.2) is 0 Å². The molecule has 2 rings (SSSR count). The third-order valence-corrected chi connectivity index (χ3v) is 5.57. The molecule has 1 saturated heterocycles. The zero-order valence-corrected chi connectivity index (χ0v) is 15.2. The number of rotatable bonds is 9. The fraction of sp³-hybridized carbons (Fsp3) is 0.611. The number of methoxy groups -OCH3 is 1. The number of nitrogens with one attached hydrogen (secondary N) is 2. The van der Waals surface area contributed by atoms with E-state index in [0.717, 1.165) is 43.6 Å². The maximum Gasteiger partial charge on any atom is 0.224 e. The number of carbonyl (C=O) groups is 1. The van der Waals surface area contributed by atoms with Gasteiger partial charge in [-0.15, -0.1) is 0 Å². The number of benzene rings is 1. The number of piperidine rings is 1. The molecule has 1 aliphatic heterocycles. The van der Waals surface area contributed by atoms with E-state index in [0.29, 0.717) is 30.5 Å². The molecular weight excluding hydrogens is 324 g/mol. The summed E-state index contributed by atoms with van der Waals surface area (Å²) in [5.41, 5.74) is 1.76. The first kappa shape index (κ1) is 19.1. The minimum absolute atomic E-state index is 0.0613. The standard InChI is InChI=1S/C18H28N2O3S/c1-23-11-12-24(22)14-16-3-2-4-17(13-16)20-18(21)6-5-15-7-9-19-10-8-15/h2-4,13,15,19H,5-12,14H2,1H3,(H,20,21). The highest BCUT2D eigenvalue weighted by Crippen LogP contribution is 2.19. The van der Waals surface area contributed by atoms with Crippen molar-refractivity contribution in [2.24, 2.45) is 5.92 Å². The minimum Gasteiger partial charge on any atom is -0.384 e. The maximum atomic E-state index is 12.1. The van der Waals surface area contributed by atoms with Gasteiger partial charge in [0.2, 0.25) is 5.91 Å². The zero-order valence-electron chi connectivity index (χ0n) is 14.4. The number of amides is 1. The summed E-state index contributed by atoms with van der Waals surface area (Å²) >= 11 is 0. The Hall–Kier alpha value is -1.24. The van der Waals surface area contributed by atoms with Crippen molar-refractivity contribution in [1.82, 2.24) is 5.32 Å². The van der Waals surface area contributed by atoms with Crippen LogP contribution in [0.25, 0.3) is 0 Å². The van der Waals surface area contributed by atoms with Crippen LogP contribution in [0.5, 0.6) is 0 Å². The summed E-state index contributed by atoms with van der Waals surface area (Å²) in [7, 11) is 0.666. The van der Waals surface area contributed by atoms with Gasteiger partial charge in [-0.1, -0.05) is 12.1 Å². The highest BCUT2D eigenvalue weighted by molar-refractivity contribution is 7.84. The quantitative estimate of drug-likeness (QED) is 0.716. The van der Waals surface area contributed by atoms with Crippen LogP contribution in [0.1, 0.15) is 31.2 Å². The number of hydrogen-bond acceptors (Lipinski definition) is 4. The molecule has 0 saturated carbocycles. The van der Waals surface area contributed by atoms with Crippen LogP contribution in [0.4, 0.5) is 5.69 Å². The van der Waals surface area contributed by atoms with E-state index in [1.54, 1.807) is 7.11 Å². The molecule has 2 N–H and O–H groups in total. The Morgan fingerprint density at radius 3 is 2.92 bits per heavy atom. The SMILES string of the molecule is COCCS(=O)Cc1cccc(NC(=O)CCC2CCNCC2)c1. The summed E-state index contributed by atoms with van der Waals surface area (Å²) < 4.78 is 16.9. The monoisotopic (exact) mass is 352 g/mol.